The molecule has 0 fully saturated rings. The highest BCUT2D eigenvalue weighted by atomic mass is 79.9. The number of hydrogen-bond acceptors (Lipinski definition) is 4. The lowest BCUT2D eigenvalue weighted by Crippen LogP contribution is -2.25. The first kappa shape index (κ1) is 13.9. The van der Waals surface area contributed by atoms with Crippen molar-refractivity contribution in [3.05, 3.63) is 28.2 Å². The molecule has 0 amide bonds. The second-order valence-corrected chi connectivity index (χ2v) is 4.66. The van der Waals surface area contributed by atoms with Gasteiger partial charge >= 0.3 is 5.97 Å². The van der Waals surface area contributed by atoms with Crippen molar-refractivity contribution in [2.75, 3.05) is 21.2 Å². The Kier molecular flexibility index (Phi) is 4.89. The van der Waals surface area contributed by atoms with Gasteiger partial charge in [-0.2, -0.15) is 0 Å². The molecule has 0 N–H and O–H groups in total. The largest absolute Gasteiger partial charge is 0.465 e. The molecule has 0 aliphatic carbocycles. The number of hydrogen-bond donors (Lipinski definition) is 0. The summed E-state index contributed by atoms with van der Waals surface area (Å²) in [5, 5.41) is 0.272. The van der Waals surface area contributed by atoms with Gasteiger partial charge < -0.3 is 14.4 Å². The third-order valence-corrected chi connectivity index (χ3v) is 2.85. The fourth-order valence-electron chi connectivity index (χ4n) is 1.04. The zero-order valence-corrected chi connectivity index (χ0v) is 12.1. The Bertz CT molecular complexity index is 448. The van der Waals surface area contributed by atoms with E-state index in [-0.39, 0.29) is 5.17 Å². The fraction of sp³-hybridized carbons (Fsp3) is 0.273. The van der Waals surface area contributed by atoms with Gasteiger partial charge in [0.05, 0.1) is 7.11 Å². The lowest BCUT2D eigenvalue weighted by atomic mass is 10.2. The van der Waals surface area contributed by atoms with Crippen molar-refractivity contribution in [3.8, 4) is 5.75 Å². The number of halogens is 1. The second-order valence-electron chi connectivity index (χ2n) is 3.39. The summed E-state index contributed by atoms with van der Waals surface area (Å²) in [6.45, 7) is 0. The maximum Gasteiger partial charge on any atom is 0.341 e. The van der Waals surface area contributed by atoms with Crippen LogP contribution in [0.2, 0.25) is 0 Å². The molecule has 0 aliphatic rings. The summed E-state index contributed by atoms with van der Waals surface area (Å²) in [6, 6.07) is 5.02. The molecule has 0 radical (unpaired) electrons. The number of carbonyl (C=O) groups excluding carboxylic acids is 1. The van der Waals surface area contributed by atoms with Crippen LogP contribution in [0.25, 0.3) is 0 Å². The Morgan fingerprint density at radius 3 is 2.59 bits per heavy atom. The molecule has 92 valence electrons. The number of esters is 1. The highest BCUT2D eigenvalue weighted by Gasteiger charge is 2.15. The fourth-order valence-corrected chi connectivity index (χ4v) is 1.47. The summed E-state index contributed by atoms with van der Waals surface area (Å²) in [5.74, 6) is -0.0982. The lowest BCUT2D eigenvalue weighted by molar-refractivity contribution is 0.0598. The van der Waals surface area contributed by atoms with E-state index in [2.05, 4.69) is 20.7 Å². The zero-order chi connectivity index (χ0) is 13.0. The predicted molar refractivity (Wildman–Crippen MR) is 72.4 cm³/mol. The van der Waals surface area contributed by atoms with Crippen LogP contribution < -0.4 is 4.74 Å². The van der Waals surface area contributed by atoms with Crippen LogP contribution in [0.3, 0.4) is 0 Å². The number of rotatable bonds is 2. The van der Waals surface area contributed by atoms with Gasteiger partial charge in [0, 0.05) is 18.6 Å². The molecule has 6 heteroatoms. The van der Waals surface area contributed by atoms with E-state index in [9.17, 15) is 4.79 Å². The molecule has 17 heavy (non-hydrogen) atoms. The van der Waals surface area contributed by atoms with E-state index in [0.717, 1.165) is 4.47 Å². The van der Waals surface area contributed by atoms with Crippen LogP contribution in [0.4, 0.5) is 0 Å². The van der Waals surface area contributed by atoms with Crippen molar-refractivity contribution in [2.45, 2.75) is 0 Å². The number of methoxy groups -OCH3 is 1. The van der Waals surface area contributed by atoms with Gasteiger partial charge in [0.25, 0.3) is 5.17 Å². The van der Waals surface area contributed by atoms with Crippen molar-refractivity contribution in [3.63, 3.8) is 0 Å². The van der Waals surface area contributed by atoms with Gasteiger partial charge in [0.15, 0.2) is 0 Å². The molecule has 0 heterocycles. The average molecular weight is 318 g/mol. The minimum atomic E-state index is -0.464. The summed E-state index contributed by atoms with van der Waals surface area (Å²) in [5.41, 5.74) is 0.333. The van der Waals surface area contributed by atoms with Gasteiger partial charge in [0.2, 0.25) is 0 Å². The lowest BCUT2D eigenvalue weighted by Gasteiger charge is -2.16. The first-order valence-electron chi connectivity index (χ1n) is 4.72. The standard InChI is InChI=1S/C11H12BrNO3S/c1-13(2)11(17)16-9-6-7(12)4-5-8(9)10(14)15-3/h4-6H,1-3H3. The van der Waals surface area contributed by atoms with Crippen molar-refractivity contribution >= 4 is 39.3 Å². The van der Waals surface area contributed by atoms with Crippen LogP contribution in [0.15, 0.2) is 22.7 Å². The van der Waals surface area contributed by atoms with Gasteiger partial charge in [-0.15, -0.1) is 0 Å². The van der Waals surface area contributed by atoms with Crippen LogP contribution in [-0.2, 0) is 4.74 Å². The topological polar surface area (TPSA) is 38.8 Å². The first-order valence-corrected chi connectivity index (χ1v) is 5.93. The van der Waals surface area contributed by atoms with E-state index in [1.807, 2.05) is 0 Å². The maximum atomic E-state index is 11.5. The Hall–Kier alpha value is -1.14. The number of benzene rings is 1. The van der Waals surface area contributed by atoms with E-state index >= 15 is 0 Å². The smallest absolute Gasteiger partial charge is 0.341 e. The molecular formula is C11H12BrNO3S. The number of carbonyl (C=O) groups is 1. The molecule has 0 aromatic heterocycles. The molecule has 1 rings (SSSR count). The molecule has 0 spiro atoms. The van der Waals surface area contributed by atoms with Gasteiger partial charge in [-0.3, -0.25) is 0 Å². The van der Waals surface area contributed by atoms with Gasteiger partial charge in [0.1, 0.15) is 11.3 Å². The van der Waals surface area contributed by atoms with Gasteiger partial charge in [-0.25, -0.2) is 4.79 Å². The summed E-state index contributed by atoms with van der Waals surface area (Å²) < 4.78 is 10.9. The molecule has 0 aliphatic heterocycles. The Labute approximate surface area is 114 Å². The molecule has 1 aromatic rings. The predicted octanol–water partition coefficient (Wildman–Crippen LogP) is 2.46. The van der Waals surface area contributed by atoms with Gasteiger partial charge in [-0.05, 0) is 30.4 Å². The molecule has 0 saturated carbocycles. The minimum absolute atomic E-state index is 0.272. The SMILES string of the molecule is COC(=O)c1ccc(Br)cc1OC(=S)N(C)C. The Morgan fingerprint density at radius 1 is 1.41 bits per heavy atom. The maximum absolute atomic E-state index is 11.5. The highest BCUT2D eigenvalue weighted by molar-refractivity contribution is 9.10. The van der Waals surface area contributed by atoms with Crippen LogP contribution in [0, 0.1) is 0 Å². The van der Waals surface area contributed by atoms with Crippen LogP contribution in [-0.4, -0.2) is 37.2 Å². The van der Waals surface area contributed by atoms with E-state index in [0.29, 0.717) is 11.3 Å². The normalized spacial score (nSPS) is 9.65. The monoisotopic (exact) mass is 317 g/mol. The molecule has 0 unspecified atom stereocenters. The molecule has 4 nitrogen and oxygen atoms in total. The van der Waals surface area contributed by atoms with Gasteiger partial charge in [-0.1, -0.05) is 15.9 Å². The third kappa shape index (κ3) is 3.67. The molecular weight excluding hydrogens is 306 g/mol. The van der Waals surface area contributed by atoms with Crippen LogP contribution in [0.1, 0.15) is 10.4 Å². The van der Waals surface area contributed by atoms with Crippen LogP contribution >= 0.6 is 28.1 Å². The summed E-state index contributed by atoms with van der Waals surface area (Å²) >= 11 is 8.33. The summed E-state index contributed by atoms with van der Waals surface area (Å²) in [6.07, 6.45) is 0. The number of ether oxygens (including phenoxy) is 2. The molecule has 0 saturated heterocycles. The van der Waals surface area contributed by atoms with Crippen molar-refractivity contribution in [1.29, 1.82) is 0 Å². The quantitative estimate of drug-likeness (QED) is 0.619. The zero-order valence-electron chi connectivity index (χ0n) is 9.69. The average Bonchev–Trinajstić information content (AvgIpc) is 2.28. The number of nitrogens with zero attached hydrogens (tertiary/aromatic N) is 1. The van der Waals surface area contributed by atoms with E-state index < -0.39 is 5.97 Å². The van der Waals surface area contributed by atoms with Crippen molar-refractivity contribution < 1.29 is 14.3 Å². The number of thiocarbonyl (C=S) groups is 1. The van der Waals surface area contributed by atoms with Crippen molar-refractivity contribution in [2.24, 2.45) is 0 Å². The third-order valence-electron chi connectivity index (χ3n) is 1.91. The van der Waals surface area contributed by atoms with E-state index in [1.54, 1.807) is 37.2 Å². The molecule has 0 bridgehead atoms. The summed E-state index contributed by atoms with van der Waals surface area (Å²) in [7, 11) is 4.84. The molecule has 1 aromatic carbocycles. The van der Waals surface area contributed by atoms with Crippen molar-refractivity contribution in [1.82, 2.24) is 4.90 Å². The van der Waals surface area contributed by atoms with E-state index in [4.69, 9.17) is 17.0 Å². The van der Waals surface area contributed by atoms with Crippen LogP contribution in [0.5, 0.6) is 5.75 Å². The summed E-state index contributed by atoms with van der Waals surface area (Å²) in [4.78, 5) is 13.2. The minimum Gasteiger partial charge on any atom is -0.465 e. The highest BCUT2D eigenvalue weighted by Crippen LogP contribution is 2.25. The Balaban J connectivity index is 3.07. The molecule has 0 atom stereocenters. The van der Waals surface area contributed by atoms with E-state index in [1.165, 1.54) is 7.11 Å². The first-order chi connectivity index (χ1) is 7.95. The Morgan fingerprint density at radius 2 is 2.06 bits per heavy atom. The second kappa shape index (κ2) is 5.97.